The third-order valence-electron chi connectivity index (χ3n) is 5.95. The van der Waals surface area contributed by atoms with Gasteiger partial charge < -0.3 is 10.2 Å². The summed E-state index contributed by atoms with van der Waals surface area (Å²) in [6, 6.07) is 0. The van der Waals surface area contributed by atoms with E-state index in [9.17, 15) is 15.0 Å². The summed E-state index contributed by atoms with van der Waals surface area (Å²) in [5, 5.41) is 19.8. The molecule has 3 heteroatoms. The highest BCUT2D eigenvalue weighted by molar-refractivity contribution is 5.94. The number of hydrogen-bond donors (Lipinski definition) is 2. The van der Waals surface area contributed by atoms with E-state index in [1.165, 1.54) is 0 Å². The molecule has 3 rings (SSSR count). The summed E-state index contributed by atoms with van der Waals surface area (Å²) in [6.07, 6.45) is 1.93. The number of carbonyl (C=O) groups excluding carboxylic acids is 1. The van der Waals surface area contributed by atoms with Gasteiger partial charge >= 0.3 is 0 Å². The van der Waals surface area contributed by atoms with Gasteiger partial charge in [0, 0.05) is 0 Å². The van der Waals surface area contributed by atoms with E-state index in [1.54, 1.807) is 0 Å². The first-order valence-electron chi connectivity index (χ1n) is 6.61. The Balaban J connectivity index is 2.01. The molecule has 0 aromatic rings. The standard InChI is InChI=1S/C14H22O3/c1-12(2)4-8-9(5-12)13(3)6-14(13,7-15)11(17)10(8)16/h8-10,15-16H,4-7H2,1-3H3/t8-,9+,10+,13-,14-/m1/s1. The van der Waals surface area contributed by atoms with Crippen molar-refractivity contribution in [2.75, 3.05) is 6.61 Å². The van der Waals surface area contributed by atoms with Gasteiger partial charge in [0.05, 0.1) is 12.0 Å². The maximum atomic E-state index is 12.3. The highest BCUT2D eigenvalue weighted by Crippen LogP contribution is 2.76. The van der Waals surface area contributed by atoms with Crippen molar-refractivity contribution in [3.05, 3.63) is 0 Å². The molecule has 0 unspecified atom stereocenters. The van der Waals surface area contributed by atoms with Crippen molar-refractivity contribution in [2.45, 2.75) is 46.1 Å². The van der Waals surface area contributed by atoms with E-state index < -0.39 is 11.5 Å². The van der Waals surface area contributed by atoms with Crippen LogP contribution in [0.1, 0.15) is 40.0 Å². The normalized spacial score (nSPS) is 55.4. The number of hydrogen-bond acceptors (Lipinski definition) is 3. The molecule has 2 N–H and O–H groups in total. The molecule has 3 aliphatic rings. The minimum atomic E-state index is -0.843. The second-order valence-electron chi connectivity index (χ2n) is 7.49. The van der Waals surface area contributed by atoms with Crippen molar-refractivity contribution in [1.82, 2.24) is 0 Å². The topological polar surface area (TPSA) is 57.5 Å². The Bertz CT molecular complexity index is 389. The third kappa shape index (κ3) is 1.17. The summed E-state index contributed by atoms with van der Waals surface area (Å²) >= 11 is 0. The average molecular weight is 238 g/mol. The van der Waals surface area contributed by atoms with Gasteiger partial charge in [0.2, 0.25) is 0 Å². The predicted molar refractivity (Wildman–Crippen MR) is 63.3 cm³/mol. The van der Waals surface area contributed by atoms with Crippen molar-refractivity contribution in [1.29, 1.82) is 0 Å². The van der Waals surface area contributed by atoms with E-state index in [0.29, 0.717) is 5.92 Å². The monoisotopic (exact) mass is 238 g/mol. The predicted octanol–water partition coefficient (Wildman–Crippen LogP) is 1.37. The lowest BCUT2D eigenvalue weighted by molar-refractivity contribution is -0.146. The van der Waals surface area contributed by atoms with Crippen molar-refractivity contribution in [3.8, 4) is 0 Å². The van der Waals surface area contributed by atoms with Gasteiger partial charge in [-0.25, -0.2) is 0 Å². The zero-order chi connectivity index (χ0) is 12.6. The van der Waals surface area contributed by atoms with Crippen LogP contribution in [0.5, 0.6) is 0 Å². The molecule has 17 heavy (non-hydrogen) atoms. The second kappa shape index (κ2) is 2.94. The first-order valence-corrected chi connectivity index (χ1v) is 6.61. The quantitative estimate of drug-likeness (QED) is 0.725. The molecule has 0 radical (unpaired) electrons. The molecule has 0 aliphatic heterocycles. The molecular weight excluding hydrogens is 216 g/mol. The molecule has 3 fully saturated rings. The number of carbonyl (C=O) groups is 1. The minimum Gasteiger partial charge on any atom is -0.395 e. The van der Waals surface area contributed by atoms with Crippen molar-refractivity contribution < 1.29 is 15.0 Å². The fourth-order valence-corrected chi connectivity index (χ4v) is 4.87. The van der Waals surface area contributed by atoms with Gasteiger partial charge in [0.15, 0.2) is 5.78 Å². The maximum Gasteiger partial charge on any atom is 0.170 e. The van der Waals surface area contributed by atoms with Crippen molar-refractivity contribution in [2.24, 2.45) is 28.1 Å². The van der Waals surface area contributed by atoms with Crippen LogP contribution in [0, 0.1) is 28.1 Å². The smallest absolute Gasteiger partial charge is 0.170 e. The number of fused-ring (bicyclic) bond motifs is 3. The lowest BCUT2D eigenvalue weighted by Crippen LogP contribution is -2.48. The molecule has 0 saturated heterocycles. The Morgan fingerprint density at radius 3 is 2.53 bits per heavy atom. The third-order valence-corrected chi connectivity index (χ3v) is 5.95. The van der Waals surface area contributed by atoms with E-state index in [-0.39, 0.29) is 29.1 Å². The Hall–Kier alpha value is -0.410. The van der Waals surface area contributed by atoms with Gasteiger partial charge in [-0.3, -0.25) is 4.79 Å². The molecule has 0 aromatic heterocycles. The Labute approximate surface area is 102 Å². The molecule has 3 nitrogen and oxygen atoms in total. The van der Waals surface area contributed by atoms with Crippen LogP contribution < -0.4 is 0 Å². The molecule has 5 atom stereocenters. The van der Waals surface area contributed by atoms with Crippen LogP contribution in [-0.2, 0) is 4.79 Å². The number of ketones is 1. The summed E-state index contributed by atoms with van der Waals surface area (Å²) in [4.78, 5) is 12.3. The van der Waals surface area contributed by atoms with E-state index in [0.717, 1.165) is 19.3 Å². The summed E-state index contributed by atoms with van der Waals surface area (Å²) in [5.74, 6) is 0.420. The Morgan fingerprint density at radius 1 is 1.29 bits per heavy atom. The molecule has 0 aromatic carbocycles. The lowest BCUT2D eigenvalue weighted by Gasteiger charge is -2.38. The van der Waals surface area contributed by atoms with Crippen LogP contribution in [-0.4, -0.2) is 28.7 Å². The summed E-state index contributed by atoms with van der Waals surface area (Å²) in [6.45, 7) is 6.47. The molecule has 0 bridgehead atoms. The fraction of sp³-hybridized carbons (Fsp3) is 0.929. The van der Waals surface area contributed by atoms with Crippen LogP contribution in [0.25, 0.3) is 0 Å². The van der Waals surface area contributed by atoms with E-state index >= 15 is 0 Å². The molecule has 0 spiro atoms. The zero-order valence-electron chi connectivity index (χ0n) is 10.9. The van der Waals surface area contributed by atoms with Gasteiger partial charge in [-0.15, -0.1) is 0 Å². The summed E-state index contributed by atoms with van der Waals surface area (Å²) < 4.78 is 0. The number of Topliss-reactive ketones (excluding diaryl/α,β-unsaturated/α-hetero) is 1. The maximum absolute atomic E-state index is 12.3. The zero-order valence-corrected chi connectivity index (χ0v) is 10.9. The molecule has 3 saturated carbocycles. The van der Waals surface area contributed by atoms with Crippen LogP contribution in [0.3, 0.4) is 0 Å². The Kier molecular flexibility index (Phi) is 2.02. The fourth-order valence-electron chi connectivity index (χ4n) is 4.87. The van der Waals surface area contributed by atoms with Gasteiger partial charge in [0.25, 0.3) is 0 Å². The van der Waals surface area contributed by atoms with Gasteiger partial charge in [-0.1, -0.05) is 20.8 Å². The van der Waals surface area contributed by atoms with E-state index in [1.807, 2.05) is 0 Å². The number of aliphatic hydroxyl groups excluding tert-OH is 2. The van der Waals surface area contributed by atoms with Gasteiger partial charge in [-0.2, -0.15) is 0 Å². The van der Waals surface area contributed by atoms with Crippen LogP contribution in [0.15, 0.2) is 0 Å². The highest BCUT2D eigenvalue weighted by Gasteiger charge is 2.77. The van der Waals surface area contributed by atoms with Crippen LogP contribution in [0.2, 0.25) is 0 Å². The lowest BCUT2D eigenvalue weighted by atomic mass is 9.67. The minimum absolute atomic E-state index is 0.0590. The summed E-state index contributed by atoms with van der Waals surface area (Å²) in [7, 11) is 0. The summed E-state index contributed by atoms with van der Waals surface area (Å²) in [5.41, 5.74) is -0.460. The van der Waals surface area contributed by atoms with E-state index in [4.69, 9.17) is 0 Å². The first kappa shape index (κ1) is 11.7. The molecular formula is C14H22O3. The highest BCUT2D eigenvalue weighted by atomic mass is 16.3. The number of rotatable bonds is 1. The van der Waals surface area contributed by atoms with Crippen LogP contribution in [0.4, 0.5) is 0 Å². The van der Waals surface area contributed by atoms with Crippen molar-refractivity contribution in [3.63, 3.8) is 0 Å². The largest absolute Gasteiger partial charge is 0.395 e. The number of aliphatic hydroxyl groups is 2. The Morgan fingerprint density at radius 2 is 1.94 bits per heavy atom. The van der Waals surface area contributed by atoms with Gasteiger partial charge in [0.1, 0.15) is 6.10 Å². The first-order chi connectivity index (χ1) is 7.77. The van der Waals surface area contributed by atoms with Gasteiger partial charge in [-0.05, 0) is 41.9 Å². The molecule has 0 heterocycles. The van der Waals surface area contributed by atoms with Crippen molar-refractivity contribution >= 4 is 5.78 Å². The van der Waals surface area contributed by atoms with Crippen LogP contribution >= 0.6 is 0 Å². The average Bonchev–Trinajstić information content (AvgIpc) is 2.75. The molecule has 0 amide bonds. The molecule has 3 aliphatic carbocycles. The van der Waals surface area contributed by atoms with E-state index in [2.05, 4.69) is 20.8 Å². The molecule has 96 valence electrons. The second-order valence-corrected chi connectivity index (χ2v) is 7.49. The SMILES string of the molecule is CC1(C)C[C@H]2[C@H](O)C(=O)[C@]3(CO)C[C@]3(C)[C@H]2C1.